The van der Waals surface area contributed by atoms with E-state index in [9.17, 15) is 9.59 Å². The number of amides is 2. The quantitative estimate of drug-likeness (QED) is 0.727. The van der Waals surface area contributed by atoms with Gasteiger partial charge in [-0.3, -0.25) is 14.3 Å². The third kappa shape index (κ3) is 2.29. The van der Waals surface area contributed by atoms with Crippen LogP contribution in [0.2, 0.25) is 0 Å². The Bertz CT molecular complexity index is 454. The molecule has 2 heterocycles. The van der Waals surface area contributed by atoms with Gasteiger partial charge in [-0.25, -0.2) is 0 Å². The summed E-state index contributed by atoms with van der Waals surface area (Å²) in [6.07, 6.45) is 1.23. The van der Waals surface area contributed by atoms with Crippen LogP contribution >= 0.6 is 0 Å². The van der Waals surface area contributed by atoms with Gasteiger partial charge in [-0.2, -0.15) is 5.10 Å². The van der Waals surface area contributed by atoms with Gasteiger partial charge in [-0.1, -0.05) is 0 Å². The van der Waals surface area contributed by atoms with Crippen molar-refractivity contribution >= 4 is 17.6 Å². The Morgan fingerprint density at radius 1 is 1.39 bits per heavy atom. The number of nitrogens with zero attached hydrogens (tertiary/aromatic N) is 3. The second-order valence-corrected chi connectivity index (χ2v) is 4.55. The fourth-order valence-corrected chi connectivity index (χ4v) is 2.12. The molecular weight excluding hydrogens is 234 g/mol. The summed E-state index contributed by atoms with van der Waals surface area (Å²) in [6.45, 7) is 1.06. The van der Waals surface area contributed by atoms with Gasteiger partial charge in [0.15, 0.2) is 5.69 Å². The Hall–Kier alpha value is -2.05. The van der Waals surface area contributed by atoms with E-state index in [0.717, 1.165) is 0 Å². The van der Waals surface area contributed by atoms with Crippen molar-refractivity contribution in [2.45, 2.75) is 12.8 Å². The molecule has 0 spiro atoms. The lowest BCUT2D eigenvalue weighted by Crippen LogP contribution is -2.41. The van der Waals surface area contributed by atoms with Crippen molar-refractivity contribution in [3.8, 4) is 0 Å². The predicted molar refractivity (Wildman–Crippen MR) is 65.4 cm³/mol. The minimum atomic E-state index is -0.288. The molecule has 1 aliphatic heterocycles. The molecule has 2 amide bonds. The summed E-state index contributed by atoms with van der Waals surface area (Å²) < 4.78 is 1.46. The molecular formula is C11H17N5O2. The highest BCUT2D eigenvalue weighted by molar-refractivity contribution is 5.93. The highest BCUT2D eigenvalue weighted by atomic mass is 16.2. The van der Waals surface area contributed by atoms with Gasteiger partial charge in [0.05, 0.1) is 0 Å². The van der Waals surface area contributed by atoms with Gasteiger partial charge < -0.3 is 16.4 Å². The zero-order valence-corrected chi connectivity index (χ0v) is 10.3. The van der Waals surface area contributed by atoms with E-state index in [1.54, 1.807) is 18.0 Å². The van der Waals surface area contributed by atoms with Crippen molar-refractivity contribution in [1.29, 1.82) is 0 Å². The topological polar surface area (TPSA) is 107 Å². The Kier molecular flexibility index (Phi) is 3.22. The van der Waals surface area contributed by atoms with E-state index in [2.05, 4.69) is 5.10 Å². The van der Waals surface area contributed by atoms with Crippen LogP contribution in [0.1, 0.15) is 23.3 Å². The fraction of sp³-hybridized carbons (Fsp3) is 0.545. The first-order valence-electron chi connectivity index (χ1n) is 5.87. The number of likely N-dealkylation sites (tertiary alicyclic amines) is 1. The molecule has 7 heteroatoms. The maximum Gasteiger partial charge on any atom is 0.274 e. The van der Waals surface area contributed by atoms with Gasteiger partial charge in [0.25, 0.3) is 5.91 Å². The number of nitrogens with two attached hydrogens (primary N) is 2. The molecule has 7 nitrogen and oxygen atoms in total. The van der Waals surface area contributed by atoms with Crippen LogP contribution < -0.4 is 11.5 Å². The van der Waals surface area contributed by atoms with Crippen molar-refractivity contribution in [3.05, 3.63) is 11.8 Å². The number of anilines is 1. The van der Waals surface area contributed by atoms with Crippen molar-refractivity contribution < 1.29 is 9.59 Å². The molecule has 1 aliphatic rings. The van der Waals surface area contributed by atoms with E-state index in [-0.39, 0.29) is 17.7 Å². The summed E-state index contributed by atoms with van der Waals surface area (Å²) in [6, 6.07) is 1.56. The number of carbonyl (C=O) groups excluding carboxylic acids is 2. The smallest absolute Gasteiger partial charge is 0.274 e. The molecule has 0 aliphatic carbocycles. The van der Waals surface area contributed by atoms with Gasteiger partial charge in [-0.15, -0.1) is 0 Å². The van der Waals surface area contributed by atoms with Crippen LogP contribution in [0.4, 0.5) is 5.82 Å². The third-order valence-electron chi connectivity index (χ3n) is 3.32. The Morgan fingerprint density at radius 3 is 2.44 bits per heavy atom. The molecule has 4 N–H and O–H groups in total. The molecule has 18 heavy (non-hydrogen) atoms. The van der Waals surface area contributed by atoms with Crippen LogP contribution in [-0.2, 0) is 11.8 Å². The molecule has 1 saturated heterocycles. The average molecular weight is 251 g/mol. The summed E-state index contributed by atoms with van der Waals surface area (Å²) in [7, 11) is 1.69. The Labute approximate surface area is 105 Å². The van der Waals surface area contributed by atoms with E-state index in [0.29, 0.717) is 37.4 Å². The molecule has 0 atom stereocenters. The summed E-state index contributed by atoms with van der Waals surface area (Å²) >= 11 is 0. The molecule has 0 unspecified atom stereocenters. The number of nitrogen functional groups attached to an aromatic ring is 1. The molecule has 1 fully saturated rings. The highest BCUT2D eigenvalue weighted by Gasteiger charge is 2.27. The first-order chi connectivity index (χ1) is 8.49. The number of hydrogen-bond acceptors (Lipinski definition) is 4. The second kappa shape index (κ2) is 4.67. The minimum Gasteiger partial charge on any atom is -0.384 e. The van der Waals surface area contributed by atoms with E-state index >= 15 is 0 Å². The van der Waals surface area contributed by atoms with Gasteiger partial charge in [0, 0.05) is 32.1 Å². The van der Waals surface area contributed by atoms with Crippen LogP contribution in [0.3, 0.4) is 0 Å². The molecule has 1 aromatic heterocycles. The largest absolute Gasteiger partial charge is 0.384 e. The van der Waals surface area contributed by atoms with E-state index in [4.69, 9.17) is 11.5 Å². The predicted octanol–water partition coefficient (Wildman–Crippen LogP) is -0.660. The van der Waals surface area contributed by atoms with Crippen LogP contribution in [0.5, 0.6) is 0 Å². The number of primary amides is 1. The summed E-state index contributed by atoms with van der Waals surface area (Å²) in [4.78, 5) is 24.8. The van der Waals surface area contributed by atoms with Gasteiger partial charge in [0.2, 0.25) is 5.91 Å². The molecule has 98 valence electrons. The standard InChI is InChI=1S/C11H17N5O2/c1-15-9(12)6-8(14-15)11(18)16-4-2-7(3-5-16)10(13)17/h6-7H,2-5,12H2,1H3,(H2,13,17). The zero-order chi connectivity index (χ0) is 13.3. The van der Waals surface area contributed by atoms with E-state index in [1.165, 1.54) is 4.68 Å². The Balaban J connectivity index is 2.01. The van der Waals surface area contributed by atoms with E-state index < -0.39 is 0 Å². The van der Waals surface area contributed by atoms with Gasteiger partial charge >= 0.3 is 0 Å². The van der Waals surface area contributed by atoms with Crippen LogP contribution in [0, 0.1) is 5.92 Å². The highest BCUT2D eigenvalue weighted by Crippen LogP contribution is 2.18. The van der Waals surface area contributed by atoms with Crippen molar-refractivity contribution in [1.82, 2.24) is 14.7 Å². The number of hydrogen-bond donors (Lipinski definition) is 2. The summed E-state index contributed by atoms with van der Waals surface area (Å²) in [5.41, 5.74) is 11.2. The number of carbonyl (C=O) groups is 2. The fourth-order valence-electron chi connectivity index (χ4n) is 2.12. The lowest BCUT2D eigenvalue weighted by atomic mass is 9.96. The summed E-state index contributed by atoms with van der Waals surface area (Å²) in [5, 5.41) is 4.05. The molecule has 0 radical (unpaired) electrons. The molecule has 1 aromatic rings. The van der Waals surface area contributed by atoms with Gasteiger partial charge in [-0.05, 0) is 12.8 Å². The maximum atomic E-state index is 12.1. The first kappa shape index (κ1) is 12.4. The summed E-state index contributed by atoms with van der Waals surface area (Å²) in [5.74, 6) is -0.109. The average Bonchev–Trinajstić information content (AvgIpc) is 2.69. The molecule has 2 rings (SSSR count). The van der Waals surface area contributed by atoms with Crippen LogP contribution in [-0.4, -0.2) is 39.6 Å². The van der Waals surface area contributed by atoms with Crippen LogP contribution in [0.25, 0.3) is 0 Å². The number of aryl methyl sites for hydroxylation is 1. The third-order valence-corrected chi connectivity index (χ3v) is 3.32. The minimum absolute atomic E-state index is 0.122. The molecule has 0 aromatic carbocycles. The van der Waals surface area contributed by atoms with Crippen molar-refractivity contribution in [2.75, 3.05) is 18.8 Å². The van der Waals surface area contributed by atoms with Gasteiger partial charge in [0.1, 0.15) is 5.82 Å². The van der Waals surface area contributed by atoms with Crippen molar-refractivity contribution in [3.63, 3.8) is 0 Å². The Morgan fingerprint density at radius 2 is 2.00 bits per heavy atom. The molecule has 0 bridgehead atoms. The zero-order valence-electron chi connectivity index (χ0n) is 10.3. The van der Waals surface area contributed by atoms with Crippen LogP contribution in [0.15, 0.2) is 6.07 Å². The molecule has 0 saturated carbocycles. The number of aromatic nitrogens is 2. The normalized spacial score (nSPS) is 16.8. The first-order valence-corrected chi connectivity index (χ1v) is 5.87. The lowest BCUT2D eigenvalue weighted by molar-refractivity contribution is -0.123. The number of rotatable bonds is 2. The van der Waals surface area contributed by atoms with E-state index in [1.807, 2.05) is 0 Å². The lowest BCUT2D eigenvalue weighted by Gasteiger charge is -2.29. The maximum absolute atomic E-state index is 12.1. The van der Waals surface area contributed by atoms with Crippen molar-refractivity contribution in [2.24, 2.45) is 18.7 Å². The SMILES string of the molecule is Cn1nc(C(=O)N2CCC(C(N)=O)CC2)cc1N. The second-order valence-electron chi connectivity index (χ2n) is 4.55. The monoisotopic (exact) mass is 251 g/mol. The number of piperidine rings is 1.